The maximum absolute atomic E-state index is 13.9. The summed E-state index contributed by atoms with van der Waals surface area (Å²) in [5, 5.41) is 3.71. The highest BCUT2D eigenvalue weighted by atomic mass is 19.1. The standard InChI is InChI=1S/C18H25FN4/c1-3-16(18-20-12-13(2)21-18)22-14-8-10-23(11-9-14)17-7-5-4-6-15(17)19/h4-7,12,14,16,22H,3,8-11H2,1-2H3,(H,20,21). The summed E-state index contributed by atoms with van der Waals surface area (Å²) in [5.41, 5.74) is 1.81. The molecule has 1 atom stereocenters. The van der Waals surface area contributed by atoms with E-state index in [9.17, 15) is 4.39 Å². The molecule has 1 aromatic carbocycles. The monoisotopic (exact) mass is 316 g/mol. The second kappa shape index (κ2) is 7.13. The number of aromatic amines is 1. The molecule has 3 rings (SSSR count). The van der Waals surface area contributed by atoms with Crippen LogP contribution in [0.4, 0.5) is 10.1 Å². The van der Waals surface area contributed by atoms with Gasteiger partial charge in [-0.3, -0.25) is 0 Å². The number of aromatic nitrogens is 2. The number of piperidine rings is 1. The molecule has 1 aromatic heterocycles. The van der Waals surface area contributed by atoms with Gasteiger partial charge in [0.2, 0.25) is 0 Å². The number of imidazole rings is 1. The number of hydrogen-bond donors (Lipinski definition) is 2. The molecule has 23 heavy (non-hydrogen) atoms. The van der Waals surface area contributed by atoms with Gasteiger partial charge in [0.25, 0.3) is 0 Å². The van der Waals surface area contributed by atoms with Gasteiger partial charge in [0.15, 0.2) is 0 Å². The third-order valence-electron chi connectivity index (χ3n) is 4.59. The van der Waals surface area contributed by atoms with Gasteiger partial charge >= 0.3 is 0 Å². The Morgan fingerprint density at radius 1 is 1.35 bits per heavy atom. The number of benzene rings is 1. The zero-order chi connectivity index (χ0) is 16.2. The summed E-state index contributed by atoms with van der Waals surface area (Å²) < 4.78 is 13.9. The highest BCUT2D eigenvalue weighted by Gasteiger charge is 2.24. The number of aryl methyl sites for hydroxylation is 1. The summed E-state index contributed by atoms with van der Waals surface area (Å²) >= 11 is 0. The topological polar surface area (TPSA) is 44.0 Å². The first-order chi connectivity index (χ1) is 11.2. The van der Waals surface area contributed by atoms with Gasteiger partial charge in [-0.25, -0.2) is 9.37 Å². The second-order valence-corrected chi connectivity index (χ2v) is 6.29. The number of nitrogens with one attached hydrogen (secondary N) is 2. The van der Waals surface area contributed by atoms with Crippen molar-refractivity contribution in [1.82, 2.24) is 15.3 Å². The largest absolute Gasteiger partial charge is 0.369 e. The minimum atomic E-state index is -0.128. The van der Waals surface area contributed by atoms with Gasteiger partial charge in [-0.15, -0.1) is 0 Å². The first-order valence-corrected chi connectivity index (χ1v) is 8.44. The van der Waals surface area contributed by atoms with Crippen LogP contribution in [0.1, 0.15) is 43.7 Å². The number of anilines is 1. The molecule has 0 bridgehead atoms. The van der Waals surface area contributed by atoms with Crippen molar-refractivity contribution >= 4 is 5.69 Å². The van der Waals surface area contributed by atoms with Crippen molar-refractivity contribution in [2.45, 2.75) is 45.2 Å². The summed E-state index contributed by atoms with van der Waals surface area (Å²) in [6.07, 6.45) is 4.91. The van der Waals surface area contributed by atoms with Crippen LogP contribution in [0.3, 0.4) is 0 Å². The Labute approximate surface area is 137 Å². The van der Waals surface area contributed by atoms with Crippen molar-refractivity contribution < 1.29 is 4.39 Å². The molecule has 5 heteroatoms. The van der Waals surface area contributed by atoms with Crippen LogP contribution in [-0.4, -0.2) is 29.1 Å². The van der Waals surface area contributed by atoms with Crippen LogP contribution in [-0.2, 0) is 0 Å². The molecule has 1 fully saturated rings. The smallest absolute Gasteiger partial charge is 0.146 e. The van der Waals surface area contributed by atoms with Gasteiger partial charge in [-0.2, -0.15) is 0 Å². The Balaban J connectivity index is 1.57. The number of halogens is 1. The molecule has 1 saturated heterocycles. The van der Waals surface area contributed by atoms with Gasteiger partial charge in [0.05, 0.1) is 11.7 Å². The van der Waals surface area contributed by atoms with Gasteiger partial charge in [-0.1, -0.05) is 19.1 Å². The number of hydrogen-bond acceptors (Lipinski definition) is 3. The summed E-state index contributed by atoms with van der Waals surface area (Å²) in [6, 6.07) is 7.75. The van der Waals surface area contributed by atoms with Crippen LogP contribution in [0.25, 0.3) is 0 Å². The summed E-state index contributed by atoms with van der Waals surface area (Å²) in [4.78, 5) is 9.92. The Morgan fingerprint density at radius 2 is 2.09 bits per heavy atom. The van der Waals surface area contributed by atoms with E-state index in [0.717, 1.165) is 49.6 Å². The van der Waals surface area contributed by atoms with E-state index in [1.807, 2.05) is 25.3 Å². The van der Waals surface area contributed by atoms with Crippen LogP contribution >= 0.6 is 0 Å². The van der Waals surface area contributed by atoms with E-state index in [0.29, 0.717) is 6.04 Å². The molecular formula is C18H25FN4. The highest BCUT2D eigenvalue weighted by Crippen LogP contribution is 2.24. The molecule has 0 aliphatic carbocycles. The Bertz CT molecular complexity index is 631. The van der Waals surface area contributed by atoms with E-state index in [2.05, 4.69) is 27.1 Å². The van der Waals surface area contributed by atoms with Crippen molar-refractivity contribution in [3.8, 4) is 0 Å². The Hall–Kier alpha value is -1.88. The minimum absolute atomic E-state index is 0.128. The normalized spacial score (nSPS) is 17.4. The molecule has 1 aliphatic rings. The third kappa shape index (κ3) is 3.72. The lowest BCUT2D eigenvalue weighted by Crippen LogP contribution is -2.44. The lowest BCUT2D eigenvalue weighted by atomic mass is 10.0. The van der Waals surface area contributed by atoms with E-state index in [1.54, 1.807) is 6.07 Å². The summed E-state index contributed by atoms with van der Waals surface area (Å²) in [5.74, 6) is 0.887. The van der Waals surface area contributed by atoms with E-state index >= 15 is 0 Å². The fourth-order valence-electron chi connectivity index (χ4n) is 3.28. The highest BCUT2D eigenvalue weighted by molar-refractivity contribution is 5.47. The van der Waals surface area contributed by atoms with Gasteiger partial charge < -0.3 is 15.2 Å². The fraction of sp³-hybridized carbons (Fsp3) is 0.500. The van der Waals surface area contributed by atoms with E-state index in [1.165, 1.54) is 6.07 Å². The second-order valence-electron chi connectivity index (χ2n) is 6.29. The molecule has 1 unspecified atom stereocenters. The zero-order valence-electron chi connectivity index (χ0n) is 13.8. The van der Waals surface area contributed by atoms with Crippen LogP contribution in [0.15, 0.2) is 30.5 Å². The van der Waals surface area contributed by atoms with Crippen LogP contribution in [0, 0.1) is 12.7 Å². The molecule has 2 heterocycles. The number of rotatable bonds is 5. The Kier molecular flexibility index (Phi) is 4.96. The number of para-hydroxylation sites is 1. The molecule has 0 radical (unpaired) electrons. The lowest BCUT2D eigenvalue weighted by molar-refractivity contribution is 0.356. The van der Waals surface area contributed by atoms with Crippen molar-refractivity contribution in [2.24, 2.45) is 0 Å². The van der Waals surface area contributed by atoms with E-state index in [4.69, 9.17) is 0 Å². The Morgan fingerprint density at radius 3 is 2.70 bits per heavy atom. The first kappa shape index (κ1) is 16.0. The van der Waals surface area contributed by atoms with Crippen LogP contribution in [0.2, 0.25) is 0 Å². The molecule has 1 aliphatic heterocycles. The molecule has 124 valence electrons. The van der Waals surface area contributed by atoms with Crippen LogP contribution < -0.4 is 10.2 Å². The van der Waals surface area contributed by atoms with Crippen LogP contribution in [0.5, 0.6) is 0 Å². The predicted molar refractivity (Wildman–Crippen MR) is 91.1 cm³/mol. The van der Waals surface area contributed by atoms with Gasteiger partial charge in [0, 0.05) is 31.0 Å². The van der Waals surface area contributed by atoms with Crippen molar-refractivity contribution in [3.05, 3.63) is 47.8 Å². The van der Waals surface area contributed by atoms with Crippen molar-refractivity contribution in [1.29, 1.82) is 0 Å². The average molecular weight is 316 g/mol. The van der Waals surface area contributed by atoms with E-state index < -0.39 is 0 Å². The zero-order valence-corrected chi connectivity index (χ0v) is 13.8. The molecule has 0 amide bonds. The van der Waals surface area contributed by atoms with Crippen molar-refractivity contribution in [3.63, 3.8) is 0 Å². The van der Waals surface area contributed by atoms with Gasteiger partial charge in [-0.05, 0) is 38.3 Å². The lowest BCUT2D eigenvalue weighted by Gasteiger charge is -2.35. The number of H-pyrrole nitrogens is 1. The quantitative estimate of drug-likeness (QED) is 0.886. The van der Waals surface area contributed by atoms with Crippen molar-refractivity contribution in [2.75, 3.05) is 18.0 Å². The molecule has 0 saturated carbocycles. The maximum Gasteiger partial charge on any atom is 0.146 e. The predicted octanol–water partition coefficient (Wildman–Crippen LogP) is 3.57. The SMILES string of the molecule is CCC(NC1CCN(c2ccccc2F)CC1)c1ncc(C)[nH]1. The molecular weight excluding hydrogens is 291 g/mol. The minimum Gasteiger partial charge on any atom is -0.369 e. The average Bonchev–Trinajstić information content (AvgIpc) is 3.00. The van der Waals surface area contributed by atoms with E-state index in [-0.39, 0.29) is 11.9 Å². The summed E-state index contributed by atoms with van der Waals surface area (Å²) in [7, 11) is 0. The maximum atomic E-state index is 13.9. The number of nitrogens with zero attached hydrogens (tertiary/aromatic N) is 2. The molecule has 2 aromatic rings. The molecule has 2 N–H and O–H groups in total. The molecule has 4 nitrogen and oxygen atoms in total. The van der Waals surface area contributed by atoms with Gasteiger partial charge in [0.1, 0.15) is 11.6 Å². The molecule has 0 spiro atoms. The third-order valence-corrected chi connectivity index (χ3v) is 4.59. The summed E-state index contributed by atoms with van der Waals surface area (Å²) in [6.45, 7) is 5.96. The first-order valence-electron chi connectivity index (χ1n) is 8.44. The fourth-order valence-corrected chi connectivity index (χ4v) is 3.28.